The van der Waals surface area contributed by atoms with Crippen molar-refractivity contribution >= 4 is 0 Å². The van der Waals surface area contributed by atoms with Crippen molar-refractivity contribution in [1.29, 1.82) is 0 Å². The van der Waals surface area contributed by atoms with Gasteiger partial charge in [-0.15, -0.1) is 0 Å². The molecule has 0 saturated heterocycles. The van der Waals surface area contributed by atoms with Crippen LogP contribution in [0.4, 0.5) is 0 Å². The second-order valence-corrected chi connectivity index (χ2v) is 5.86. The Morgan fingerprint density at radius 1 is 0.750 bits per heavy atom. The number of hydrogen-bond donors (Lipinski definition) is 0. The second kappa shape index (κ2) is 12.6. The predicted molar refractivity (Wildman–Crippen MR) is 88.0 cm³/mol. The monoisotopic (exact) mass is 286 g/mol. The Bertz CT molecular complexity index is 198. The number of ether oxygens (including phenoxy) is 2. The summed E-state index contributed by atoms with van der Waals surface area (Å²) >= 11 is 0. The highest BCUT2D eigenvalue weighted by molar-refractivity contribution is 4.76. The summed E-state index contributed by atoms with van der Waals surface area (Å²) < 4.78 is 12.1. The van der Waals surface area contributed by atoms with Crippen LogP contribution in [0.15, 0.2) is 0 Å². The number of hydrogen-bond acceptors (Lipinski definition) is 2. The lowest BCUT2D eigenvalue weighted by Gasteiger charge is -2.38. The Morgan fingerprint density at radius 2 is 1.25 bits per heavy atom. The molecule has 0 amide bonds. The third-order valence-corrected chi connectivity index (χ3v) is 4.27. The van der Waals surface area contributed by atoms with Gasteiger partial charge in [0.1, 0.15) is 0 Å². The standard InChI is InChI=1S/C18H38O2/c1-6-10-11-12-13-14-15-16-18(19-8-3,20-9-4)17(5)7-2/h17H,6-16H2,1-5H3. The molecule has 1 atom stereocenters. The SMILES string of the molecule is CCCCCCCCCC(OCC)(OCC)C(C)CC. The topological polar surface area (TPSA) is 18.5 Å². The molecule has 0 radical (unpaired) electrons. The molecule has 0 aromatic carbocycles. The predicted octanol–water partition coefficient (Wildman–Crippen LogP) is 5.94. The summed E-state index contributed by atoms with van der Waals surface area (Å²) in [5.74, 6) is 0.115. The zero-order valence-electron chi connectivity index (χ0n) is 14.7. The zero-order valence-corrected chi connectivity index (χ0v) is 14.7. The average molecular weight is 286 g/mol. The zero-order chi connectivity index (χ0) is 15.3. The lowest BCUT2D eigenvalue weighted by atomic mass is 9.92. The molecular formula is C18H38O2. The fourth-order valence-electron chi connectivity index (χ4n) is 2.85. The van der Waals surface area contributed by atoms with Crippen LogP contribution in [0.3, 0.4) is 0 Å². The van der Waals surface area contributed by atoms with Crippen molar-refractivity contribution in [1.82, 2.24) is 0 Å². The van der Waals surface area contributed by atoms with E-state index in [-0.39, 0.29) is 5.79 Å². The quantitative estimate of drug-likeness (QED) is 0.290. The lowest BCUT2D eigenvalue weighted by Crippen LogP contribution is -2.42. The lowest BCUT2D eigenvalue weighted by molar-refractivity contribution is -0.265. The van der Waals surface area contributed by atoms with E-state index < -0.39 is 0 Å². The van der Waals surface area contributed by atoms with E-state index in [0.29, 0.717) is 5.92 Å². The van der Waals surface area contributed by atoms with Crippen LogP contribution in [-0.2, 0) is 9.47 Å². The van der Waals surface area contributed by atoms with Crippen LogP contribution in [0.25, 0.3) is 0 Å². The van der Waals surface area contributed by atoms with E-state index in [1.54, 1.807) is 0 Å². The first kappa shape index (κ1) is 19.9. The third-order valence-electron chi connectivity index (χ3n) is 4.27. The molecule has 2 heteroatoms. The summed E-state index contributed by atoms with van der Waals surface area (Å²) in [5.41, 5.74) is 0. The smallest absolute Gasteiger partial charge is 0.170 e. The molecule has 20 heavy (non-hydrogen) atoms. The molecule has 0 aliphatic rings. The van der Waals surface area contributed by atoms with E-state index in [1.165, 1.54) is 44.9 Å². The van der Waals surface area contributed by atoms with Gasteiger partial charge >= 0.3 is 0 Å². The van der Waals surface area contributed by atoms with Gasteiger partial charge in [-0.2, -0.15) is 0 Å². The molecule has 0 fully saturated rings. The fourth-order valence-corrected chi connectivity index (χ4v) is 2.85. The van der Waals surface area contributed by atoms with Gasteiger partial charge in [-0.1, -0.05) is 59.3 Å². The molecule has 0 N–H and O–H groups in total. The van der Waals surface area contributed by atoms with Gasteiger partial charge in [-0.3, -0.25) is 0 Å². The molecule has 0 aliphatic heterocycles. The first-order valence-corrected chi connectivity index (χ1v) is 8.94. The molecule has 2 nitrogen and oxygen atoms in total. The number of rotatable bonds is 14. The van der Waals surface area contributed by atoms with Gasteiger partial charge in [0.2, 0.25) is 0 Å². The van der Waals surface area contributed by atoms with E-state index in [2.05, 4.69) is 34.6 Å². The second-order valence-electron chi connectivity index (χ2n) is 5.86. The van der Waals surface area contributed by atoms with E-state index in [1.807, 2.05) is 0 Å². The molecular weight excluding hydrogens is 248 g/mol. The van der Waals surface area contributed by atoms with Crippen LogP contribution in [-0.4, -0.2) is 19.0 Å². The summed E-state index contributed by atoms with van der Waals surface area (Å²) in [7, 11) is 0. The molecule has 0 aromatic heterocycles. The van der Waals surface area contributed by atoms with Crippen molar-refractivity contribution in [2.75, 3.05) is 13.2 Å². The maximum absolute atomic E-state index is 6.05. The van der Waals surface area contributed by atoms with Crippen molar-refractivity contribution in [3.8, 4) is 0 Å². The minimum absolute atomic E-state index is 0.346. The Morgan fingerprint density at radius 3 is 1.70 bits per heavy atom. The molecule has 0 aromatic rings. The van der Waals surface area contributed by atoms with Crippen molar-refractivity contribution in [2.24, 2.45) is 5.92 Å². The minimum Gasteiger partial charge on any atom is -0.350 e. The van der Waals surface area contributed by atoms with Crippen LogP contribution < -0.4 is 0 Å². The summed E-state index contributed by atoms with van der Waals surface area (Å²) in [6.45, 7) is 12.4. The van der Waals surface area contributed by atoms with Gasteiger partial charge in [0.15, 0.2) is 5.79 Å². The van der Waals surface area contributed by atoms with Crippen molar-refractivity contribution in [2.45, 2.75) is 98.2 Å². The van der Waals surface area contributed by atoms with Crippen molar-refractivity contribution in [3.63, 3.8) is 0 Å². The van der Waals surface area contributed by atoms with Crippen LogP contribution >= 0.6 is 0 Å². The maximum Gasteiger partial charge on any atom is 0.170 e. The normalized spacial score (nSPS) is 13.7. The van der Waals surface area contributed by atoms with E-state index >= 15 is 0 Å². The van der Waals surface area contributed by atoms with Gasteiger partial charge in [0, 0.05) is 25.6 Å². The Hall–Kier alpha value is -0.0800. The Balaban J connectivity index is 4.14. The first-order valence-electron chi connectivity index (χ1n) is 8.94. The molecule has 0 bridgehead atoms. The molecule has 0 aliphatic carbocycles. The Kier molecular flexibility index (Phi) is 12.6. The molecule has 0 spiro atoms. The highest BCUT2D eigenvalue weighted by Crippen LogP contribution is 2.32. The van der Waals surface area contributed by atoms with Crippen molar-refractivity contribution in [3.05, 3.63) is 0 Å². The maximum atomic E-state index is 6.05. The first-order chi connectivity index (χ1) is 9.66. The fraction of sp³-hybridized carbons (Fsp3) is 1.00. The summed E-state index contributed by atoms with van der Waals surface area (Å²) in [5, 5.41) is 0. The Labute approximate surface area is 127 Å². The highest BCUT2D eigenvalue weighted by atomic mass is 16.7. The minimum atomic E-state index is -0.346. The molecule has 0 rings (SSSR count). The van der Waals surface area contributed by atoms with E-state index in [4.69, 9.17) is 9.47 Å². The van der Waals surface area contributed by atoms with Gasteiger partial charge in [0.25, 0.3) is 0 Å². The van der Waals surface area contributed by atoms with Crippen LogP contribution in [0.5, 0.6) is 0 Å². The molecule has 122 valence electrons. The van der Waals surface area contributed by atoms with Crippen LogP contribution in [0.2, 0.25) is 0 Å². The van der Waals surface area contributed by atoms with Gasteiger partial charge in [-0.05, 0) is 26.7 Å². The highest BCUT2D eigenvalue weighted by Gasteiger charge is 2.36. The van der Waals surface area contributed by atoms with Crippen LogP contribution in [0, 0.1) is 5.92 Å². The molecule has 1 unspecified atom stereocenters. The third kappa shape index (κ3) is 7.64. The van der Waals surface area contributed by atoms with Gasteiger partial charge < -0.3 is 9.47 Å². The number of unbranched alkanes of at least 4 members (excludes halogenated alkanes) is 6. The molecule has 0 saturated carbocycles. The summed E-state index contributed by atoms with van der Waals surface area (Å²) in [6.07, 6.45) is 11.5. The molecule has 0 heterocycles. The van der Waals surface area contributed by atoms with Gasteiger partial charge in [0.05, 0.1) is 0 Å². The van der Waals surface area contributed by atoms with E-state index in [9.17, 15) is 0 Å². The largest absolute Gasteiger partial charge is 0.350 e. The van der Waals surface area contributed by atoms with Crippen molar-refractivity contribution < 1.29 is 9.47 Å². The van der Waals surface area contributed by atoms with Gasteiger partial charge in [-0.25, -0.2) is 0 Å². The average Bonchev–Trinajstić information content (AvgIpc) is 2.45. The summed E-state index contributed by atoms with van der Waals surface area (Å²) in [4.78, 5) is 0. The summed E-state index contributed by atoms with van der Waals surface area (Å²) in [6, 6.07) is 0. The van der Waals surface area contributed by atoms with E-state index in [0.717, 1.165) is 26.1 Å². The van der Waals surface area contributed by atoms with Crippen LogP contribution in [0.1, 0.15) is 92.4 Å².